The molecule has 18 heavy (non-hydrogen) atoms. The van der Waals surface area contributed by atoms with E-state index in [0.29, 0.717) is 0 Å². The lowest BCUT2D eigenvalue weighted by Crippen LogP contribution is -2.37. The third-order valence-corrected chi connectivity index (χ3v) is 3.70. The maximum Gasteiger partial charge on any atom is 0.147 e. The summed E-state index contributed by atoms with van der Waals surface area (Å²) in [6, 6.07) is -0.257. The SMILES string of the molecule is CCCCC=CC1C(=O)C1[C@H](O)[C@@H](N)CCCC. The Bertz CT molecular complexity index is 288. The van der Waals surface area contributed by atoms with Crippen LogP contribution in [0.1, 0.15) is 52.4 Å². The molecule has 0 aromatic rings. The van der Waals surface area contributed by atoms with Gasteiger partial charge in [-0.15, -0.1) is 0 Å². The fourth-order valence-electron chi connectivity index (χ4n) is 2.32. The predicted molar refractivity (Wildman–Crippen MR) is 74.2 cm³/mol. The zero-order chi connectivity index (χ0) is 13.5. The van der Waals surface area contributed by atoms with Gasteiger partial charge in [0.25, 0.3) is 0 Å². The van der Waals surface area contributed by atoms with Crippen molar-refractivity contribution in [1.29, 1.82) is 0 Å². The predicted octanol–water partition coefficient (Wildman–Crippen LogP) is 2.43. The highest BCUT2D eigenvalue weighted by Gasteiger charge is 2.52. The van der Waals surface area contributed by atoms with Gasteiger partial charge in [-0.25, -0.2) is 0 Å². The lowest BCUT2D eigenvalue weighted by atomic mass is 10.0. The lowest BCUT2D eigenvalue weighted by Gasteiger charge is -2.17. The molecule has 0 radical (unpaired) electrons. The molecule has 0 amide bonds. The number of nitrogens with two attached hydrogens (primary N) is 1. The average molecular weight is 253 g/mol. The van der Waals surface area contributed by atoms with Gasteiger partial charge < -0.3 is 10.8 Å². The average Bonchev–Trinajstić information content (AvgIpc) is 3.01. The zero-order valence-electron chi connectivity index (χ0n) is 11.6. The summed E-state index contributed by atoms with van der Waals surface area (Å²) in [4.78, 5) is 11.6. The van der Waals surface area contributed by atoms with Crippen LogP contribution in [0.15, 0.2) is 12.2 Å². The molecule has 1 aliphatic carbocycles. The van der Waals surface area contributed by atoms with Gasteiger partial charge in [-0.1, -0.05) is 51.7 Å². The number of carbonyl (C=O) groups excluding carboxylic acids is 1. The van der Waals surface area contributed by atoms with Crippen molar-refractivity contribution < 1.29 is 9.90 Å². The van der Waals surface area contributed by atoms with Gasteiger partial charge in [-0.3, -0.25) is 4.79 Å². The van der Waals surface area contributed by atoms with E-state index in [0.717, 1.165) is 38.5 Å². The van der Waals surface area contributed by atoms with Crippen molar-refractivity contribution in [3.05, 3.63) is 12.2 Å². The smallest absolute Gasteiger partial charge is 0.147 e. The molecule has 0 aromatic carbocycles. The summed E-state index contributed by atoms with van der Waals surface area (Å²) in [6.07, 6.45) is 9.57. The largest absolute Gasteiger partial charge is 0.391 e. The molecule has 3 nitrogen and oxygen atoms in total. The van der Waals surface area contributed by atoms with Gasteiger partial charge in [0.15, 0.2) is 0 Å². The minimum absolute atomic E-state index is 0.0791. The number of unbranched alkanes of at least 4 members (excludes halogenated alkanes) is 3. The second-order valence-electron chi connectivity index (χ2n) is 5.32. The first kappa shape index (κ1) is 15.4. The quantitative estimate of drug-likeness (QED) is 0.490. The summed E-state index contributed by atoms with van der Waals surface area (Å²) in [5.74, 6) is -0.165. The Hall–Kier alpha value is -0.670. The second kappa shape index (κ2) is 7.70. The number of allylic oxidation sites excluding steroid dienone is 2. The fraction of sp³-hybridized carbons (Fsp3) is 0.800. The molecular formula is C15H27NO2. The normalized spacial score (nSPS) is 26.6. The van der Waals surface area contributed by atoms with Gasteiger partial charge in [-0.2, -0.15) is 0 Å². The highest BCUT2D eigenvalue weighted by Crippen LogP contribution is 2.39. The van der Waals surface area contributed by atoms with Crippen LogP contribution >= 0.6 is 0 Å². The number of Topliss-reactive ketones (excluding diaryl/α,β-unsaturated/α-hetero) is 1. The maximum atomic E-state index is 11.6. The van der Waals surface area contributed by atoms with Gasteiger partial charge in [-0.05, 0) is 12.8 Å². The van der Waals surface area contributed by atoms with E-state index in [1.54, 1.807) is 0 Å². The Morgan fingerprint density at radius 2 is 2.00 bits per heavy atom. The number of aliphatic hydroxyl groups is 1. The fourth-order valence-corrected chi connectivity index (χ4v) is 2.32. The Morgan fingerprint density at radius 1 is 1.33 bits per heavy atom. The van der Waals surface area contributed by atoms with Crippen LogP contribution in [-0.4, -0.2) is 23.0 Å². The van der Waals surface area contributed by atoms with Crippen molar-refractivity contribution in [3.8, 4) is 0 Å². The van der Waals surface area contributed by atoms with Crippen LogP contribution in [-0.2, 0) is 4.79 Å². The van der Waals surface area contributed by atoms with Crippen LogP contribution in [0.25, 0.3) is 0 Å². The van der Waals surface area contributed by atoms with Crippen LogP contribution in [0.2, 0.25) is 0 Å². The molecule has 0 heterocycles. The number of rotatable bonds is 9. The van der Waals surface area contributed by atoms with Crippen LogP contribution < -0.4 is 5.73 Å². The highest BCUT2D eigenvalue weighted by atomic mass is 16.3. The molecule has 0 aliphatic heterocycles. The minimum atomic E-state index is -0.662. The van der Waals surface area contributed by atoms with Crippen molar-refractivity contribution in [1.82, 2.24) is 0 Å². The third-order valence-electron chi connectivity index (χ3n) is 3.70. The molecule has 3 N–H and O–H groups in total. The van der Waals surface area contributed by atoms with Gasteiger partial charge >= 0.3 is 0 Å². The summed E-state index contributed by atoms with van der Waals surface area (Å²) in [5, 5.41) is 10.0. The van der Waals surface area contributed by atoms with E-state index in [9.17, 15) is 9.90 Å². The molecule has 1 saturated carbocycles. The van der Waals surface area contributed by atoms with Crippen LogP contribution in [0, 0.1) is 11.8 Å². The van der Waals surface area contributed by atoms with Crippen molar-refractivity contribution in [2.24, 2.45) is 17.6 Å². The van der Waals surface area contributed by atoms with Gasteiger partial charge in [0, 0.05) is 12.0 Å². The van der Waals surface area contributed by atoms with E-state index in [1.165, 1.54) is 0 Å². The van der Waals surface area contributed by atoms with Gasteiger partial charge in [0.1, 0.15) is 5.78 Å². The minimum Gasteiger partial charge on any atom is -0.391 e. The molecule has 1 fully saturated rings. The summed E-state index contributed by atoms with van der Waals surface area (Å²) >= 11 is 0. The van der Waals surface area contributed by atoms with Gasteiger partial charge in [0.2, 0.25) is 0 Å². The van der Waals surface area contributed by atoms with Crippen LogP contribution in [0.5, 0.6) is 0 Å². The molecular weight excluding hydrogens is 226 g/mol. The van der Waals surface area contributed by atoms with Gasteiger partial charge in [0.05, 0.1) is 12.0 Å². The molecule has 0 saturated heterocycles. The standard InChI is InChI=1S/C15H27NO2/c1-3-5-7-8-9-11-13(14(11)17)15(18)12(16)10-6-4-2/h8-9,11-13,15,18H,3-7,10,16H2,1-2H3/t11?,12-,13?,15+/m0/s1. The number of hydrogen-bond donors (Lipinski definition) is 2. The van der Waals surface area contributed by atoms with E-state index in [2.05, 4.69) is 19.9 Å². The molecule has 104 valence electrons. The van der Waals surface area contributed by atoms with E-state index in [-0.39, 0.29) is 23.7 Å². The highest BCUT2D eigenvalue weighted by molar-refractivity contribution is 6.01. The summed E-state index contributed by atoms with van der Waals surface area (Å²) < 4.78 is 0. The van der Waals surface area contributed by atoms with E-state index in [1.807, 2.05) is 6.08 Å². The first-order chi connectivity index (χ1) is 8.63. The molecule has 2 unspecified atom stereocenters. The maximum absolute atomic E-state index is 11.6. The number of carbonyl (C=O) groups is 1. The molecule has 1 aliphatic rings. The first-order valence-electron chi connectivity index (χ1n) is 7.27. The Balaban J connectivity index is 2.34. The van der Waals surface area contributed by atoms with Crippen molar-refractivity contribution in [2.45, 2.75) is 64.5 Å². The Labute approximate surface area is 110 Å². The molecule has 1 rings (SSSR count). The molecule has 4 atom stereocenters. The summed E-state index contributed by atoms with van der Waals surface area (Å²) in [5.41, 5.74) is 5.92. The number of hydrogen-bond acceptors (Lipinski definition) is 3. The first-order valence-corrected chi connectivity index (χ1v) is 7.27. The third kappa shape index (κ3) is 4.21. The van der Waals surface area contributed by atoms with Crippen LogP contribution in [0.4, 0.5) is 0 Å². The Kier molecular flexibility index (Phi) is 6.58. The van der Waals surface area contributed by atoms with Crippen molar-refractivity contribution in [3.63, 3.8) is 0 Å². The van der Waals surface area contributed by atoms with Crippen molar-refractivity contribution in [2.75, 3.05) is 0 Å². The summed E-state index contributed by atoms with van der Waals surface area (Å²) in [7, 11) is 0. The van der Waals surface area contributed by atoms with E-state index < -0.39 is 6.10 Å². The molecule has 3 heteroatoms. The van der Waals surface area contributed by atoms with Crippen LogP contribution in [0.3, 0.4) is 0 Å². The molecule has 0 aromatic heterocycles. The van der Waals surface area contributed by atoms with E-state index in [4.69, 9.17) is 5.73 Å². The zero-order valence-corrected chi connectivity index (χ0v) is 11.6. The molecule has 0 bridgehead atoms. The van der Waals surface area contributed by atoms with E-state index >= 15 is 0 Å². The number of ketones is 1. The monoisotopic (exact) mass is 253 g/mol. The lowest BCUT2D eigenvalue weighted by molar-refractivity contribution is -0.112. The topological polar surface area (TPSA) is 63.3 Å². The summed E-state index contributed by atoms with van der Waals surface area (Å²) in [6.45, 7) is 4.25. The van der Waals surface area contributed by atoms with Crippen molar-refractivity contribution >= 4 is 5.78 Å². The Morgan fingerprint density at radius 3 is 2.61 bits per heavy atom. The number of aliphatic hydroxyl groups excluding tert-OH is 1. The second-order valence-corrected chi connectivity index (χ2v) is 5.32. The molecule has 0 spiro atoms.